The number of hydrogen-bond donors (Lipinski definition) is 0. The van der Waals surface area contributed by atoms with E-state index in [-0.39, 0.29) is 12.3 Å². The van der Waals surface area contributed by atoms with Gasteiger partial charge >= 0.3 is 0 Å². The Morgan fingerprint density at radius 2 is 2.29 bits per heavy atom. The topological polar surface area (TPSA) is 100 Å². The largest absolute Gasteiger partial charge is 0.491 e. The molecule has 21 heavy (non-hydrogen) atoms. The smallest absolute Gasteiger partial charge is 0.292 e. The van der Waals surface area contributed by atoms with Crippen LogP contribution in [0.5, 0.6) is 5.75 Å². The summed E-state index contributed by atoms with van der Waals surface area (Å²) < 4.78 is 7.00. The number of nitro benzene ring substituents is 1. The molecule has 0 aliphatic carbocycles. The number of thioether (sulfide) groups is 1. The van der Waals surface area contributed by atoms with Crippen LogP contribution in [-0.4, -0.2) is 32.6 Å². The molecule has 0 saturated carbocycles. The van der Waals surface area contributed by atoms with E-state index in [9.17, 15) is 14.9 Å². The van der Waals surface area contributed by atoms with Gasteiger partial charge in [-0.05, 0) is 12.3 Å². The van der Waals surface area contributed by atoms with E-state index in [1.165, 1.54) is 23.9 Å². The molecule has 0 aliphatic rings. The molecule has 2 rings (SSSR count). The van der Waals surface area contributed by atoms with Gasteiger partial charge in [0.2, 0.25) is 0 Å². The van der Waals surface area contributed by atoms with Gasteiger partial charge in [-0.1, -0.05) is 17.8 Å². The fraction of sp³-hybridized carbons (Fsp3) is 0.250. The number of benzene rings is 1. The second-order valence-corrected chi connectivity index (χ2v) is 4.68. The van der Waals surface area contributed by atoms with Gasteiger partial charge in [0.1, 0.15) is 18.6 Å². The Hall–Kier alpha value is -2.42. The van der Waals surface area contributed by atoms with Gasteiger partial charge in [0.25, 0.3) is 11.2 Å². The molecule has 1 aromatic carbocycles. The number of rotatable bonds is 6. The Balaban J connectivity index is 2.00. The summed E-state index contributed by atoms with van der Waals surface area (Å²) in [5.41, 5.74) is -0.421. The number of nitrogens with zero attached hydrogens (tertiary/aromatic N) is 4. The number of aromatic nitrogens is 3. The standard InChI is InChI=1S/C12H12N4O4S/c1-21-12-14-11(17)8-13-15(12)5-6-20-10-4-2-3-9(7-10)16(18)19/h2-4,7-8H,5-6H2,1H3. The van der Waals surface area contributed by atoms with Gasteiger partial charge in [0.05, 0.1) is 17.5 Å². The zero-order valence-corrected chi connectivity index (χ0v) is 11.9. The molecule has 0 atom stereocenters. The second kappa shape index (κ2) is 6.84. The first-order chi connectivity index (χ1) is 10.1. The average molecular weight is 308 g/mol. The van der Waals surface area contributed by atoms with Crippen molar-refractivity contribution < 1.29 is 9.66 Å². The van der Waals surface area contributed by atoms with Crippen LogP contribution >= 0.6 is 11.8 Å². The third-order valence-electron chi connectivity index (χ3n) is 2.52. The highest BCUT2D eigenvalue weighted by Crippen LogP contribution is 2.19. The summed E-state index contributed by atoms with van der Waals surface area (Å²) in [6.07, 6.45) is 2.93. The lowest BCUT2D eigenvalue weighted by Gasteiger charge is -2.09. The first-order valence-corrected chi connectivity index (χ1v) is 7.18. The fourth-order valence-corrected chi connectivity index (χ4v) is 2.12. The van der Waals surface area contributed by atoms with Crippen molar-refractivity contribution in [3.05, 3.63) is 50.9 Å². The van der Waals surface area contributed by atoms with Gasteiger partial charge in [-0.3, -0.25) is 14.9 Å². The summed E-state index contributed by atoms with van der Waals surface area (Å²) in [5, 5.41) is 15.1. The summed E-state index contributed by atoms with van der Waals surface area (Å²) in [6.45, 7) is 0.637. The van der Waals surface area contributed by atoms with Crippen LogP contribution in [-0.2, 0) is 6.54 Å². The van der Waals surface area contributed by atoms with Gasteiger partial charge in [0.15, 0.2) is 5.16 Å². The molecule has 0 saturated heterocycles. The fourth-order valence-electron chi connectivity index (χ4n) is 1.59. The molecule has 2 aromatic rings. The molecule has 1 heterocycles. The van der Waals surface area contributed by atoms with Crippen molar-refractivity contribution in [1.82, 2.24) is 14.8 Å². The summed E-state index contributed by atoms with van der Waals surface area (Å²) in [4.78, 5) is 25.1. The third-order valence-corrected chi connectivity index (χ3v) is 3.18. The number of ether oxygens (including phenoxy) is 1. The van der Waals surface area contributed by atoms with E-state index in [1.54, 1.807) is 23.1 Å². The van der Waals surface area contributed by atoms with E-state index in [0.717, 1.165) is 6.20 Å². The lowest BCUT2D eigenvalue weighted by molar-refractivity contribution is -0.384. The minimum Gasteiger partial charge on any atom is -0.491 e. The van der Waals surface area contributed by atoms with Gasteiger partial charge in [0, 0.05) is 6.07 Å². The normalized spacial score (nSPS) is 10.3. The Bertz CT molecular complexity index is 704. The molecule has 0 unspecified atom stereocenters. The summed E-state index contributed by atoms with van der Waals surface area (Å²) in [6, 6.07) is 5.94. The Morgan fingerprint density at radius 3 is 3.00 bits per heavy atom. The Kier molecular flexibility index (Phi) is 4.88. The maximum Gasteiger partial charge on any atom is 0.292 e. The van der Waals surface area contributed by atoms with E-state index in [1.807, 2.05) is 0 Å². The quantitative estimate of drug-likeness (QED) is 0.451. The molecule has 0 amide bonds. The zero-order chi connectivity index (χ0) is 15.2. The lowest BCUT2D eigenvalue weighted by atomic mass is 10.3. The summed E-state index contributed by atoms with van der Waals surface area (Å²) >= 11 is 1.31. The molecule has 0 spiro atoms. The zero-order valence-electron chi connectivity index (χ0n) is 11.1. The van der Waals surface area contributed by atoms with Crippen LogP contribution in [0.1, 0.15) is 0 Å². The second-order valence-electron chi connectivity index (χ2n) is 3.91. The summed E-state index contributed by atoms with van der Waals surface area (Å²) in [5.74, 6) is 0.406. The first-order valence-electron chi connectivity index (χ1n) is 5.95. The van der Waals surface area contributed by atoms with Crippen LogP contribution in [0.3, 0.4) is 0 Å². The lowest BCUT2D eigenvalue weighted by Crippen LogP contribution is -2.19. The van der Waals surface area contributed by atoms with Gasteiger partial charge in [-0.25, -0.2) is 4.68 Å². The molecule has 0 N–H and O–H groups in total. The van der Waals surface area contributed by atoms with E-state index >= 15 is 0 Å². The first kappa shape index (κ1) is 15.0. The van der Waals surface area contributed by atoms with Crippen LogP contribution in [0.4, 0.5) is 5.69 Å². The molecular weight excluding hydrogens is 296 g/mol. The van der Waals surface area contributed by atoms with Crippen LogP contribution in [0.25, 0.3) is 0 Å². The average Bonchev–Trinajstić information content (AvgIpc) is 2.49. The molecule has 0 radical (unpaired) electrons. The van der Waals surface area contributed by atoms with Crippen molar-refractivity contribution >= 4 is 17.4 Å². The third kappa shape index (κ3) is 4.02. The van der Waals surface area contributed by atoms with Crippen LogP contribution in [0, 0.1) is 10.1 Å². The minimum atomic E-state index is -0.480. The van der Waals surface area contributed by atoms with E-state index in [2.05, 4.69) is 10.1 Å². The molecule has 0 aliphatic heterocycles. The van der Waals surface area contributed by atoms with Crippen LogP contribution in [0.15, 0.2) is 40.4 Å². The molecule has 1 aromatic heterocycles. The molecule has 0 bridgehead atoms. The summed E-state index contributed by atoms with van der Waals surface area (Å²) in [7, 11) is 0. The monoisotopic (exact) mass is 308 g/mol. The van der Waals surface area contributed by atoms with Crippen molar-refractivity contribution in [1.29, 1.82) is 0 Å². The van der Waals surface area contributed by atoms with Crippen molar-refractivity contribution in [2.75, 3.05) is 12.9 Å². The van der Waals surface area contributed by atoms with Gasteiger partial charge in [-0.15, -0.1) is 0 Å². The highest BCUT2D eigenvalue weighted by Gasteiger charge is 2.07. The maximum atomic E-state index is 11.1. The predicted octanol–water partition coefficient (Wildman–Crippen LogP) is 1.35. The highest BCUT2D eigenvalue weighted by atomic mass is 32.2. The van der Waals surface area contributed by atoms with Gasteiger partial charge < -0.3 is 4.74 Å². The van der Waals surface area contributed by atoms with Crippen molar-refractivity contribution in [3.8, 4) is 5.75 Å². The number of non-ortho nitro benzene ring substituents is 1. The number of nitro groups is 1. The van der Waals surface area contributed by atoms with Crippen molar-refractivity contribution in [2.24, 2.45) is 0 Å². The highest BCUT2D eigenvalue weighted by molar-refractivity contribution is 7.98. The van der Waals surface area contributed by atoms with E-state index in [4.69, 9.17) is 4.74 Å². The SMILES string of the molecule is CSc1nc(=O)cnn1CCOc1cccc([N+](=O)[O-])c1. The molecule has 8 nitrogen and oxygen atoms in total. The minimum absolute atomic E-state index is 0.0274. The van der Waals surface area contributed by atoms with Crippen LogP contribution < -0.4 is 10.3 Å². The van der Waals surface area contributed by atoms with Gasteiger partial charge in [-0.2, -0.15) is 10.1 Å². The van der Waals surface area contributed by atoms with Crippen LogP contribution in [0.2, 0.25) is 0 Å². The Morgan fingerprint density at radius 1 is 1.48 bits per heavy atom. The number of hydrogen-bond acceptors (Lipinski definition) is 7. The van der Waals surface area contributed by atoms with Crippen molar-refractivity contribution in [3.63, 3.8) is 0 Å². The van der Waals surface area contributed by atoms with E-state index in [0.29, 0.717) is 17.5 Å². The molecular formula is C12H12N4O4S. The maximum absolute atomic E-state index is 11.1. The molecule has 9 heteroatoms. The molecule has 0 fully saturated rings. The predicted molar refractivity (Wildman–Crippen MR) is 76.7 cm³/mol. The molecule has 110 valence electrons. The van der Waals surface area contributed by atoms with E-state index < -0.39 is 10.5 Å². The van der Waals surface area contributed by atoms with Crippen molar-refractivity contribution in [2.45, 2.75) is 11.7 Å². The Labute approximate surface area is 123 Å².